The average Bonchev–Trinajstić information content (AvgIpc) is 3.19. The number of carbonyl (C=O) groups is 1. The number of anilines is 1. The molecule has 0 aliphatic carbocycles. The lowest BCUT2D eigenvalue weighted by Crippen LogP contribution is -2.33. The summed E-state index contributed by atoms with van der Waals surface area (Å²) in [6, 6.07) is 14.5. The molecular formula is C20H20ClN3O3S. The highest BCUT2D eigenvalue weighted by atomic mass is 35.5. The second-order valence-corrected chi connectivity index (χ2v) is 7.20. The summed E-state index contributed by atoms with van der Waals surface area (Å²) in [6.07, 6.45) is 0. The Kier molecular flexibility index (Phi) is 6.97. The monoisotopic (exact) mass is 417 g/mol. The van der Waals surface area contributed by atoms with E-state index in [-0.39, 0.29) is 5.91 Å². The first-order chi connectivity index (χ1) is 13.6. The second-order valence-electron chi connectivity index (χ2n) is 5.81. The largest absolute Gasteiger partial charge is 0.494 e. The summed E-state index contributed by atoms with van der Waals surface area (Å²) in [5.74, 6) is 0.600. The van der Waals surface area contributed by atoms with Gasteiger partial charge in [0.05, 0.1) is 19.8 Å². The number of halogens is 1. The van der Waals surface area contributed by atoms with E-state index in [1.54, 1.807) is 36.3 Å². The predicted molar refractivity (Wildman–Crippen MR) is 112 cm³/mol. The van der Waals surface area contributed by atoms with E-state index >= 15 is 0 Å². The topological polar surface area (TPSA) is 64.6 Å². The maximum Gasteiger partial charge on any atom is 0.260 e. The van der Waals surface area contributed by atoms with E-state index in [2.05, 4.69) is 10.2 Å². The Morgan fingerprint density at radius 1 is 1.18 bits per heavy atom. The minimum atomic E-state index is -0.200. The molecule has 8 heteroatoms. The van der Waals surface area contributed by atoms with Crippen LogP contribution in [0.2, 0.25) is 5.02 Å². The van der Waals surface area contributed by atoms with Gasteiger partial charge in [0, 0.05) is 23.3 Å². The van der Waals surface area contributed by atoms with Crippen molar-refractivity contribution in [3.63, 3.8) is 0 Å². The summed E-state index contributed by atoms with van der Waals surface area (Å²) in [5.41, 5.74) is 1.40. The fourth-order valence-corrected chi connectivity index (χ4v) is 3.61. The standard InChI is InChI=1S/C20H20ClN3O3S/c1-3-27-17-9-7-14(8-10-17)18-22-23-20(28-18)24(11-12-26-2)19(25)15-5-4-6-16(21)13-15/h4-10,13H,3,11-12H2,1-2H3. The molecule has 0 saturated carbocycles. The first kappa shape index (κ1) is 20.3. The van der Waals surface area contributed by atoms with Crippen molar-refractivity contribution in [3.05, 3.63) is 59.1 Å². The minimum Gasteiger partial charge on any atom is -0.494 e. The van der Waals surface area contributed by atoms with E-state index in [1.807, 2.05) is 31.2 Å². The summed E-state index contributed by atoms with van der Waals surface area (Å²) < 4.78 is 10.6. The normalized spacial score (nSPS) is 10.7. The molecule has 0 N–H and O–H groups in total. The Balaban J connectivity index is 1.86. The molecule has 1 amide bonds. The van der Waals surface area contributed by atoms with E-state index in [1.165, 1.54) is 11.3 Å². The van der Waals surface area contributed by atoms with Gasteiger partial charge in [0.15, 0.2) is 0 Å². The molecule has 1 heterocycles. The lowest BCUT2D eigenvalue weighted by Gasteiger charge is -2.19. The van der Waals surface area contributed by atoms with Crippen LogP contribution < -0.4 is 9.64 Å². The predicted octanol–water partition coefficient (Wildman–Crippen LogP) is 4.55. The number of ether oxygens (including phenoxy) is 2. The SMILES string of the molecule is CCOc1ccc(-c2nnc(N(CCOC)C(=O)c3cccc(Cl)c3)s2)cc1. The summed E-state index contributed by atoms with van der Waals surface area (Å²) in [5, 5.41) is 10.2. The fraction of sp³-hybridized carbons (Fsp3) is 0.250. The van der Waals surface area contributed by atoms with Crippen molar-refractivity contribution in [3.8, 4) is 16.3 Å². The third-order valence-corrected chi connectivity index (χ3v) is 5.12. The van der Waals surface area contributed by atoms with Crippen LogP contribution in [0.15, 0.2) is 48.5 Å². The Bertz CT molecular complexity index is 930. The van der Waals surface area contributed by atoms with Gasteiger partial charge in [-0.2, -0.15) is 0 Å². The quantitative estimate of drug-likeness (QED) is 0.538. The van der Waals surface area contributed by atoms with Crippen molar-refractivity contribution in [2.45, 2.75) is 6.92 Å². The van der Waals surface area contributed by atoms with Crippen LogP contribution in [0.1, 0.15) is 17.3 Å². The van der Waals surface area contributed by atoms with Crippen molar-refractivity contribution in [2.75, 3.05) is 31.8 Å². The highest BCUT2D eigenvalue weighted by Crippen LogP contribution is 2.30. The Hall–Kier alpha value is -2.48. The summed E-state index contributed by atoms with van der Waals surface area (Å²) in [7, 11) is 1.59. The van der Waals surface area contributed by atoms with Crippen LogP contribution >= 0.6 is 22.9 Å². The molecule has 146 valence electrons. The number of methoxy groups -OCH3 is 1. The molecule has 0 unspecified atom stereocenters. The molecule has 0 bridgehead atoms. The van der Waals surface area contributed by atoms with Gasteiger partial charge in [0.1, 0.15) is 10.8 Å². The zero-order chi connectivity index (χ0) is 19.9. The lowest BCUT2D eigenvalue weighted by molar-refractivity contribution is 0.0975. The van der Waals surface area contributed by atoms with E-state index in [0.717, 1.165) is 16.3 Å². The molecule has 0 atom stereocenters. The van der Waals surface area contributed by atoms with Gasteiger partial charge in [-0.05, 0) is 49.4 Å². The van der Waals surface area contributed by atoms with Crippen LogP contribution in [0.25, 0.3) is 10.6 Å². The first-order valence-electron chi connectivity index (χ1n) is 8.75. The Labute approximate surface area is 172 Å². The molecule has 0 aliphatic heterocycles. The molecule has 0 fully saturated rings. The Morgan fingerprint density at radius 2 is 1.96 bits per heavy atom. The molecule has 0 saturated heterocycles. The molecule has 28 heavy (non-hydrogen) atoms. The van der Waals surface area contributed by atoms with Crippen molar-refractivity contribution >= 4 is 34.0 Å². The smallest absolute Gasteiger partial charge is 0.260 e. The van der Waals surface area contributed by atoms with Crippen LogP contribution in [0, 0.1) is 0 Å². The van der Waals surface area contributed by atoms with Crippen LogP contribution in [0.5, 0.6) is 5.75 Å². The maximum absolute atomic E-state index is 13.0. The fourth-order valence-electron chi connectivity index (χ4n) is 2.55. The van der Waals surface area contributed by atoms with E-state index in [4.69, 9.17) is 21.1 Å². The molecule has 6 nitrogen and oxygen atoms in total. The number of benzene rings is 2. The van der Waals surface area contributed by atoms with Gasteiger partial charge in [0.2, 0.25) is 5.13 Å². The van der Waals surface area contributed by atoms with Crippen molar-refractivity contribution in [1.29, 1.82) is 0 Å². The van der Waals surface area contributed by atoms with Gasteiger partial charge in [-0.1, -0.05) is 29.0 Å². The van der Waals surface area contributed by atoms with Crippen molar-refractivity contribution < 1.29 is 14.3 Å². The summed E-state index contributed by atoms with van der Waals surface area (Å²) in [6.45, 7) is 3.29. The number of amides is 1. The summed E-state index contributed by atoms with van der Waals surface area (Å²) >= 11 is 7.38. The van der Waals surface area contributed by atoms with Crippen LogP contribution in [0.3, 0.4) is 0 Å². The Morgan fingerprint density at radius 3 is 2.64 bits per heavy atom. The molecule has 3 aromatic rings. The van der Waals surface area contributed by atoms with Crippen LogP contribution in [0.4, 0.5) is 5.13 Å². The number of carbonyl (C=O) groups excluding carboxylic acids is 1. The minimum absolute atomic E-state index is 0.200. The van der Waals surface area contributed by atoms with Crippen LogP contribution in [-0.2, 0) is 4.74 Å². The van der Waals surface area contributed by atoms with Gasteiger partial charge >= 0.3 is 0 Å². The third kappa shape index (κ3) is 4.86. The number of aromatic nitrogens is 2. The van der Waals surface area contributed by atoms with Crippen LogP contribution in [-0.4, -0.2) is 43.0 Å². The second kappa shape index (κ2) is 9.64. The van der Waals surface area contributed by atoms with E-state index in [0.29, 0.717) is 35.5 Å². The molecule has 2 aromatic carbocycles. The molecule has 0 aliphatic rings. The molecule has 0 spiro atoms. The van der Waals surface area contributed by atoms with Crippen molar-refractivity contribution in [1.82, 2.24) is 10.2 Å². The first-order valence-corrected chi connectivity index (χ1v) is 9.95. The summed E-state index contributed by atoms with van der Waals surface area (Å²) in [4.78, 5) is 14.6. The molecular weight excluding hydrogens is 398 g/mol. The van der Waals surface area contributed by atoms with Crippen molar-refractivity contribution in [2.24, 2.45) is 0 Å². The number of hydrogen-bond acceptors (Lipinski definition) is 6. The average molecular weight is 418 g/mol. The van der Waals surface area contributed by atoms with E-state index < -0.39 is 0 Å². The zero-order valence-electron chi connectivity index (χ0n) is 15.6. The van der Waals surface area contributed by atoms with Gasteiger partial charge in [-0.25, -0.2) is 0 Å². The number of hydrogen-bond donors (Lipinski definition) is 0. The third-order valence-electron chi connectivity index (χ3n) is 3.89. The maximum atomic E-state index is 13.0. The highest BCUT2D eigenvalue weighted by Gasteiger charge is 2.22. The van der Waals surface area contributed by atoms with Gasteiger partial charge < -0.3 is 9.47 Å². The molecule has 1 aromatic heterocycles. The number of nitrogens with zero attached hydrogens (tertiary/aromatic N) is 3. The number of rotatable bonds is 8. The highest BCUT2D eigenvalue weighted by molar-refractivity contribution is 7.18. The van der Waals surface area contributed by atoms with E-state index in [9.17, 15) is 4.79 Å². The molecule has 0 radical (unpaired) electrons. The van der Waals surface area contributed by atoms with Gasteiger partial charge in [0.25, 0.3) is 5.91 Å². The zero-order valence-corrected chi connectivity index (χ0v) is 17.2. The molecule has 3 rings (SSSR count). The lowest BCUT2D eigenvalue weighted by atomic mass is 10.2. The van der Waals surface area contributed by atoms with Gasteiger partial charge in [-0.15, -0.1) is 10.2 Å². The van der Waals surface area contributed by atoms with Gasteiger partial charge in [-0.3, -0.25) is 9.69 Å².